The van der Waals surface area contributed by atoms with Crippen LogP contribution in [0, 0.1) is 0 Å². The van der Waals surface area contributed by atoms with Crippen LogP contribution in [0.15, 0.2) is 0 Å². The Hall–Kier alpha value is -0.370. The molecule has 1 fully saturated rings. The van der Waals surface area contributed by atoms with Gasteiger partial charge < -0.3 is 5.32 Å². The van der Waals surface area contributed by atoms with Crippen LogP contribution >= 0.6 is 0 Å². The first-order valence-electron chi connectivity index (χ1n) is 3.04. The lowest BCUT2D eigenvalue weighted by Gasteiger charge is -2.17. The Balaban J connectivity index is 2.29. The Morgan fingerprint density at radius 2 is 2.50 bits per heavy atom. The molecule has 2 nitrogen and oxygen atoms in total. The fourth-order valence-electron chi connectivity index (χ4n) is 0.856. The molecule has 8 heavy (non-hydrogen) atoms. The molecule has 0 saturated carbocycles. The topological polar surface area (TPSA) is 29.1 Å². The van der Waals surface area contributed by atoms with Crippen LogP contribution in [0.1, 0.15) is 19.8 Å². The second kappa shape index (κ2) is 2.27. The van der Waals surface area contributed by atoms with Gasteiger partial charge in [0.05, 0.1) is 6.54 Å². The van der Waals surface area contributed by atoms with Crippen molar-refractivity contribution in [3.8, 4) is 0 Å². The average Bonchev–Trinajstić information content (AvgIpc) is 1.77. The van der Waals surface area contributed by atoms with Crippen molar-refractivity contribution in [1.29, 1.82) is 0 Å². The van der Waals surface area contributed by atoms with Gasteiger partial charge in [0.1, 0.15) is 5.78 Å². The van der Waals surface area contributed by atoms with Gasteiger partial charge in [-0.25, -0.2) is 0 Å². The fourth-order valence-corrected chi connectivity index (χ4v) is 0.856. The normalized spacial score (nSPS) is 30.6. The van der Waals surface area contributed by atoms with E-state index in [0.717, 1.165) is 12.8 Å². The first-order valence-corrected chi connectivity index (χ1v) is 3.04. The zero-order chi connectivity index (χ0) is 5.98. The Labute approximate surface area is 49.3 Å². The molecule has 0 aliphatic carbocycles. The molecule has 1 rings (SSSR count). The van der Waals surface area contributed by atoms with E-state index >= 15 is 0 Å². The number of ketones is 1. The molecule has 0 radical (unpaired) electrons. The molecule has 46 valence electrons. The lowest BCUT2D eigenvalue weighted by Crippen LogP contribution is -2.36. The summed E-state index contributed by atoms with van der Waals surface area (Å²) < 4.78 is 0. The molecule has 1 heterocycles. The van der Waals surface area contributed by atoms with Crippen LogP contribution < -0.4 is 5.32 Å². The van der Waals surface area contributed by atoms with Crippen LogP contribution in [0.5, 0.6) is 0 Å². The monoisotopic (exact) mass is 113 g/mol. The summed E-state index contributed by atoms with van der Waals surface area (Å²) >= 11 is 0. The third-order valence-corrected chi connectivity index (χ3v) is 1.50. The smallest absolute Gasteiger partial charge is 0.146 e. The quantitative estimate of drug-likeness (QED) is 0.490. The van der Waals surface area contributed by atoms with Gasteiger partial charge in [0.2, 0.25) is 0 Å². The van der Waals surface area contributed by atoms with Crippen molar-refractivity contribution in [1.82, 2.24) is 5.32 Å². The lowest BCUT2D eigenvalue weighted by atomic mass is 10.1. The molecule has 1 N–H and O–H groups in total. The van der Waals surface area contributed by atoms with Crippen LogP contribution in [0.3, 0.4) is 0 Å². The van der Waals surface area contributed by atoms with Gasteiger partial charge >= 0.3 is 0 Å². The third-order valence-electron chi connectivity index (χ3n) is 1.50. The van der Waals surface area contributed by atoms with Crippen LogP contribution in [-0.4, -0.2) is 18.4 Å². The van der Waals surface area contributed by atoms with Gasteiger partial charge in [-0.1, -0.05) is 0 Å². The van der Waals surface area contributed by atoms with Gasteiger partial charge in [-0.05, 0) is 13.3 Å². The number of hydrogen-bond donors (Lipinski definition) is 1. The maximum atomic E-state index is 10.5. The van der Waals surface area contributed by atoms with E-state index in [2.05, 4.69) is 12.2 Å². The molecule has 1 aliphatic rings. The van der Waals surface area contributed by atoms with Gasteiger partial charge in [0.15, 0.2) is 0 Å². The molecule has 0 spiro atoms. The molecule has 0 bridgehead atoms. The fraction of sp³-hybridized carbons (Fsp3) is 0.833. The molecular weight excluding hydrogens is 102 g/mol. The molecular formula is C6H11NO. The van der Waals surface area contributed by atoms with Gasteiger partial charge in [-0.2, -0.15) is 0 Å². The SMILES string of the molecule is CC1CCC(=O)CN1. The number of carbonyl (C=O) groups excluding carboxylic acids is 1. The van der Waals surface area contributed by atoms with Crippen molar-refractivity contribution < 1.29 is 4.79 Å². The zero-order valence-corrected chi connectivity index (χ0v) is 5.11. The predicted molar refractivity (Wildman–Crippen MR) is 31.7 cm³/mol. The Morgan fingerprint density at radius 3 is 2.88 bits per heavy atom. The van der Waals surface area contributed by atoms with E-state index in [1.165, 1.54) is 0 Å². The molecule has 2 heteroatoms. The van der Waals surface area contributed by atoms with Crippen molar-refractivity contribution in [3.63, 3.8) is 0 Å². The second-order valence-electron chi connectivity index (χ2n) is 2.36. The highest BCUT2D eigenvalue weighted by Crippen LogP contribution is 2.01. The van der Waals surface area contributed by atoms with Crippen molar-refractivity contribution in [2.45, 2.75) is 25.8 Å². The number of Topliss-reactive ketones (excluding diaryl/α,β-unsaturated/α-hetero) is 1. The van der Waals surface area contributed by atoms with Crippen molar-refractivity contribution in [2.75, 3.05) is 6.54 Å². The molecule has 0 aromatic rings. The highest BCUT2D eigenvalue weighted by molar-refractivity contribution is 5.81. The molecule has 1 saturated heterocycles. The van der Waals surface area contributed by atoms with Crippen LogP contribution in [0.25, 0.3) is 0 Å². The summed E-state index contributed by atoms with van der Waals surface area (Å²) in [6.07, 6.45) is 1.78. The number of hydrogen-bond acceptors (Lipinski definition) is 2. The van der Waals surface area contributed by atoms with E-state index in [0.29, 0.717) is 18.4 Å². The summed E-state index contributed by atoms with van der Waals surface area (Å²) in [5, 5.41) is 3.08. The average molecular weight is 113 g/mol. The van der Waals surface area contributed by atoms with Gasteiger partial charge in [-0.15, -0.1) is 0 Å². The van der Waals surface area contributed by atoms with Gasteiger partial charge in [0, 0.05) is 12.5 Å². The molecule has 0 aromatic heterocycles. The maximum absolute atomic E-state index is 10.5. The summed E-state index contributed by atoms with van der Waals surface area (Å²) in [5.74, 6) is 0.350. The van der Waals surface area contributed by atoms with Crippen LogP contribution in [0.2, 0.25) is 0 Å². The Morgan fingerprint density at radius 1 is 1.75 bits per heavy atom. The second-order valence-corrected chi connectivity index (χ2v) is 2.36. The Kier molecular flexibility index (Phi) is 1.63. The molecule has 1 aliphatic heterocycles. The van der Waals surface area contributed by atoms with Crippen molar-refractivity contribution in [2.24, 2.45) is 0 Å². The standard InChI is InChI=1S/C6H11NO/c1-5-2-3-6(8)4-7-5/h5,7H,2-4H2,1H3. The minimum absolute atomic E-state index is 0.350. The lowest BCUT2D eigenvalue weighted by molar-refractivity contribution is -0.119. The summed E-state index contributed by atoms with van der Waals surface area (Å²) in [5.41, 5.74) is 0. The number of piperidine rings is 1. The van der Waals surface area contributed by atoms with E-state index in [-0.39, 0.29) is 0 Å². The molecule has 1 atom stereocenters. The van der Waals surface area contributed by atoms with Crippen molar-refractivity contribution in [3.05, 3.63) is 0 Å². The van der Waals surface area contributed by atoms with Crippen molar-refractivity contribution >= 4 is 5.78 Å². The van der Waals surface area contributed by atoms with E-state index in [1.54, 1.807) is 0 Å². The predicted octanol–water partition coefficient (Wildman–Crippen LogP) is 0.327. The van der Waals surface area contributed by atoms with E-state index in [9.17, 15) is 4.79 Å². The highest BCUT2D eigenvalue weighted by atomic mass is 16.1. The minimum Gasteiger partial charge on any atom is -0.307 e. The maximum Gasteiger partial charge on any atom is 0.146 e. The van der Waals surface area contributed by atoms with Crippen LogP contribution in [0.4, 0.5) is 0 Å². The van der Waals surface area contributed by atoms with Gasteiger partial charge in [0.25, 0.3) is 0 Å². The van der Waals surface area contributed by atoms with E-state index in [1.807, 2.05) is 0 Å². The Bertz CT molecular complexity index is 90.7. The summed E-state index contributed by atoms with van der Waals surface area (Å²) in [7, 11) is 0. The third kappa shape index (κ3) is 1.30. The summed E-state index contributed by atoms with van der Waals surface area (Å²) in [4.78, 5) is 10.5. The molecule has 0 amide bonds. The highest BCUT2D eigenvalue weighted by Gasteiger charge is 2.12. The first kappa shape index (κ1) is 5.76. The van der Waals surface area contributed by atoms with E-state index < -0.39 is 0 Å². The summed E-state index contributed by atoms with van der Waals surface area (Å²) in [6.45, 7) is 2.69. The molecule has 0 aromatic carbocycles. The van der Waals surface area contributed by atoms with Gasteiger partial charge in [-0.3, -0.25) is 4.79 Å². The minimum atomic E-state index is 0.350. The van der Waals surface area contributed by atoms with E-state index in [4.69, 9.17) is 0 Å². The molecule has 1 unspecified atom stereocenters. The number of nitrogens with one attached hydrogen (secondary N) is 1. The first-order chi connectivity index (χ1) is 3.79. The number of carbonyl (C=O) groups is 1. The number of rotatable bonds is 0. The zero-order valence-electron chi connectivity index (χ0n) is 5.11. The summed E-state index contributed by atoms with van der Waals surface area (Å²) in [6, 6.07) is 0.549. The largest absolute Gasteiger partial charge is 0.307 e. The van der Waals surface area contributed by atoms with Crippen LogP contribution in [-0.2, 0) is 4.79 Å².